The van der Waals surface area contributed by atoms with Gasteiger partial charge in [-0.2, -0.15) is 5.10 Å². The maximum atomic E-state index is 10.4. The molecule has 0 saturated heterocycles. The molecule has 0 aliphatic rings. The van der Waals surface area contributed by atoms with Crippen molar-refractivity contribution in [2.75, 3.05) is 6.54 Å². The van der Waals surface area contributed by atoms with Crippen molar-refractivity contribution in [1.29, 1.82) is 0 Å². The summed E-state index contributed by atoms with van der Waals surface area (Å²) in [6.45, 7) is 9.02. The molecule has 18 heavy (non-hydrogen) atoms. The van der Waals surface area contributed by atoms with Crippen LogP contribution in [0.5, 0.6) is 0 Å². The van der Waals surface area contributed by atoms with Gasteiger partial charge in [0, 0.05) is 31.4 Å². The Balaban J connectivity index is 2.41. The van der Waals surface area contributed by atoms with Crippen molar-refractivity contribution in [1.82, 2.24) is 15.1 Å². The van der Waals surface area contributed by atoms with Gasteiger partial charge in [-0.3, -0.25) is 4.68 Å². The fraction of sp³-hybridized carbons (Fsp3) is 0.786. The number of aryl methyl sites for hydroxylation is 1. The van der Waals surface area contributed by atoms with Crippen molar-refractivity contribution in [3.05, 3.63) is 18.0 Å². The maximum Gasteiger partial charge on any atom is 0.102 e. The van der Waals surface area contributed by atoms with Crippen LogP contribution in [-0.4, -0.2) is 27.5 Å². The number of hydrogen-bond donors (Lipinski definition) is 2. The summed E-state index contributed by atoms with van der Waals surface area (Å²) in [6, 6.07) is 0.426. The number of rotatable bonds is 7. The molecule has 0 aliphatic heterocycles. The van der Waals surface area contributed by atoms with E-state index < -0.39 is 5.60 Å². The van der Waals surface area contributed by atoms with Crippen LogP contribution < -0.4 is 5.32 Å². The van der Waals surface area contributed by atoms with Gasteiger partial charge >= 0.3 is 0 Å². The highest BCUT2D eigenvalue weighted by Gasteiger charge is 2.24. The molecule has 1 rings (SSSR count). The third-order valence-corrected chi connectivity index (χ3v) is 3.30. The highest BCUT2D eigenvalue weighted by molar-refractivity contribution is 5.14. The molecule has 0 aliphatic carbocycles. The molecule has 1 aromatic heterocycles. The van der Waals surface area contributed by atoms with Gasteiger partial charge in [0.1, 0.15) is 5.60 Å². The number of aromatic nitrogens is 2. The predicted molar refractivity (Wildman–Crippen MR) is 74.3 cm³/mol. The average Bonchev–Trinajstić information content (AvgIpc) is 2.71. The molecule has 2 atom stereocenters. The Morgan fingerprint density at radius 2 is 2.06 bits per heavy atom. The molecular weight excluding hydrogens is 226 g/mol. The average molecular weight is 253 g/mol. The molecule has 4 nitrogen and oxygen atoms in total. The van der Waals surface area contributed by atoms with E-state index in [1.54, 1.807) is 10.9 Å². The Morgan fingerprint density at radius 3 is 2.56 bits per heavy atom. The van der Waals surface area contributed by atoms with Crippen LogP contribution in [0, 0.1) is 5.92 Å². The summed E-state index contributed by atoms with van der Waals surface area (Å²) in [5.41, 5.74) is -0.00562. The lowest BCUT2D eigenvalue weighted by Gasteiger charge is -2.25. The molecule has 0 spiro atoms. The van der Waals surface area contributed by atoms with Gasteiger partial charge in [-0.25, -0.2) is 0 Å². The summed E-state index contributed by atoms with van der Waals surface area (Å²) in [6.07, 6.45) is 5.94. The summed E-state index contributed by atoms with van der Waals surface area (Å²) >= 11 is 0. The van der Waals surface area contributed by atoms with Gasteiger partial charge in [-0.05, 0) is 32.6 Å². The van der Waals surface area contributed by atoms with Crippen LogP contribution in [0.15, 0.2) is 12.4 Å². The Labute approximate surface area is 110 Å². The fourth-order valence-electron chi connectivity index (χ4n) is 1.86. The second kappa shape index (κ2) is 6.34. The van der Waals surface area contributed by atoms with Gasteiger partial charge in [0.2, 0.25) is 0 Å². The third kappa shape index (κ3) is 4.78. The van der Waals surface area contributed by atoms with Crippen LogP contribution in [0.3, 0.4) is 0 Å². The first-order valence-corrected chi connectivity index (χ1v) is 6.76. The third-order valence-electron chi connectivity index (χ3n) is 3.30. The molecule has 2 N–H and O–H groups in total. The van der Waals surface area contributed by atoms with E-state index >= 15 is 0 Å². The summed E-state index contributed by atoms with van der Waals surface area (Å²) < 4.78 is 1.71. The van der Waals surface area contributed by atoms with E-state index in [2.05, 4.69) is 31.2 Å². The molecule has 104 valence electrons. The van der Waals surface area contributed by atoms with Crippen LogP contribution >= 0.6 is 0 Å². The molecule has 4 heteroatoms. The second-order valence-corrected chi connectivity index (χ2v) is 5.93. The number of hydrogen-bond acceptors (Lipinski definition) is 3. The van der Waals surface area contributed by atoms with E-state index in [0.717, 1.165) is 17.9 Å². The zero-order valence-electron chi connectivity index (χ0n) is 12.3. The SMILES string of the molecule is CC(C)CCC(C)NCC(C)(O)c1cnn(C)c1. The lowest BCUT2D eigenvalue weighted by atomic mass is 9.98. The smallest absolute Gasteiger partial charge is 0.102 e. The highest BCUT2D eigenvalue weighted by atomic mass is 16.3. The predicted octanol–water partition coefficient (Wildman–Crippen LogP) is 2.04. The second-order valence-electron chi connectivity index (χ2n) is 5.93. The van der Waals surface area contributed by atoms with E-state index in [9.17, 15) is 5.11 Å². The van der Waals surface area contributed by atoms with Crippen molar-refractivity contribution >= 4 is 0 Å². The lowest BCUT2D eigenvalue weighted by molar-refractivity contribution is 0.0538. The minimum atomic E-state index is -0.861. The molecule has 0 fully saturated rings. The van der Waals surface area contributed by atoms with Crippen molar-refractivity contribution in [2.24, 2.45) is 13.0 Å². The monoisotopic (exact) mass is 253 g/mol. The van der Waals surface area contributed by atoms with Crippen LogP contribution in [-0.2, 0) is 12.6 Å². The van der Waals surface area contributed by atoms with Gasteiger partial charge in [0.05, 0.1) is 6.20 Å². The standard InChI is InChI=1S/C14H27N3O/c1-11(2)6-7-12(3)15-10-14(4,18)13-8-16-17(5)9-13/h8-9,11-12,15,18H,6-7,10H2,1-5H3. The van der Waals surface area contributed by atoms with Gasteiger partial charge in [-0.1, -0.05) is 13.8 Å². The minimum absolute atomic E-state index is 0.426. The quantitative estimate of drug-likeness (QED) is 0.782. The molecule has 2 unspecified atom stereocenters. The van der Waals surface area contributed by atoms with Crippen LogP contribution in [0.25, 0.3) is 0 Å². The number of aliphatic hydroxyl groups is 1. The van der Waals surface area contributed by atoms with Gasteiger partial charge < -0.3 is 10.4 Å². The summed E-state index contributed by atoms with van der Waals surface area (Å²) in [5, 5.41) is 17.9. The zero-order valence-corrected chi connectivity index (χ0v) is 12.3. The maximum absolute atomic E-state index is 10.4. The largest absolute Gasteiger partial charge is 0.384 e. The number of nitrogens with one attached hydrogen (secondary N) is 1. The van der Waals surface area contributed by atoms with Gasteiger partial charge in [0.15, 0.2) is 0 Å². The summed E-state index contributed by atoms with van der Waals surface area (Å²) in [4.78, 5) is 0. The zero-order chi connectivity index (χ0) is 13.8. The number of nitrogens with zero attached hydrogens (tertiary/aromatic N) is 2. The molecule has 0 aromatic carbocycles. The molecule has 1 heterocycles. The molecule has 0 bridgehead atoms. The Kier molecular flexibility index (Phi) is 5.35. The first kappa shape index (κ1) is 15.2. The first-order chi connectivity index (χ1) is 8.31. The molecular formula is C14H27N3O. The summed E-state index contributed by atoms with van der Waals surface area (Å²) in [7, 11) is 1.86. The first-order valence-electron chi connectivity index (χ1n) is 6.76. The van der Waals surface area contributed by atoms with E-state index in [-0.39, 0.29) is 0 Å². The van der Waals surface area contributed by atoms with E-state index in [4.69, 9.17) is 0 Å². The van der Waals surface area contributed by atoms with Gasteiger partial charge in [0.25, 0.3) is 0 Å². The molecule has 1 aromatic rings. The van der Waals surface area contributed by atoms with E-state index in [0.29, 0.717) is 12.6 Å². The van der Waals surface area contributed by atoms with E-state index in [1.807, 2.05) is 20.2 Å². The normalized spacial score (nSPS) is 16.8. The minimum Gasteiger partial charge on any atom is -0.384 e. The van der Waals surface area contributed by atoms with Crippen LogP contribution in [0.2, 0.25) is 0 Å². The van der Waals surface area contributed by atoms with Crippen molar-refractivity contribution in [2.45, 2.75) is 52.2 Å². The molecule has 0 radical (unpaired) electrons. The Morgan fingerprint density at radius 1 is 1.39 bits per heavy atom. The van der Waals surface area contributed by atoms with Crippen molar-refractivity contribution < 1.29 is 5.11 Å². The fourth-order valence-corrected chi connectivity index (χ4v) is 1.86. The highest BCUT2D eigenvalue weighted by Crippen LogP contribution is 2.19. The van der Waals surface area contributed by atoms with E-state index in [1.165, 1.54) is 6.42 Å². The molecule has 0 amide bonds. The lowest BCUT2D eigenvalue weighted by Crippen LogP contribution is -2.39. The van der Waals surface area contributed by atoms with Crippen molar-refractivity contribution in [3.8, 4) is 0 Å². The Bertz CT molecular complexity index is 358. The Hall–Kier alpha value is -0.870. The molecule has 0 saturated carbocycles. The summed E-state index contributed by atoms with van der Waals surface area (Å²) in [5.74, 6) is 0.730. The van der Waals surface area contributed by atoms with Crippen LogP contribution in [0.4, 0.5) is 0 Å². The van der Waals surface area contributed by atoms with Crippen molar-refractivity contribution in [3.63, 3.8) is 0 Å². The topological polar surface area (TPSA) is 50.1 Å². The van der Waals surface area contributed by atoms with Crippen LogP contribution in [0.1, 0.15) is 46.1 Å². The van der Waals surface area contributed by atoms with Gasteiger partial charge in [-0.15, -0.1) is 0 Å².